The van der Waals surface area contributed by atoms with E-state index in [1.165, 1.54) is 25.9 Å². The Balaban J connectivity index is 2.01. The topological polar surface area (TPSA) is 41.6 Å². The lowest BCUT2D eigenvalue weighted by Crippen LogP contribution is -2.38. The van der Waals surface area contributed by atoms with Crippen LogP contribution in [0.4, 0.5) is 0 Å². The molecular formula is C12H24N2O2. The summed E-state index contributed by atoms with van der Waals surface area (Å²) in [6.07, 6.45) is 3.13. The summed E-state index contributed by atoms with van der Waals surface area (Å²) in [5, 5.41) is 3.36. The largest absolute Gasteiger partial charge is 0.466 e. The zero-order chi connectivity index (χ0) is 11.8. The number of hydrogen-bond donors (Lipinski definition) is 1. The van der Waals surface area contributed by atoms with Crippen LogP contribution in [-0.4, -0.2) is 49.7 Å². The molecule has 0 aromatic heterocycles. The fourth-order valence-electron chi connectivity index (χ4n) is 2.07. The Labute approximate surface area is 98.3 Å². The molecule has 94 valence electrons. The number of carbonyl (C=O) groups is 1. The summed E-state index contributed by atoms with van der Waals surface area (Å²) in [4.78, 5) is 13.6. The van der Waals surface area contributed by atoms with Crippen molar-refractivity contribution in [3.8, 4) is 0 Å². The number of likely N-dealkylation sites (tertiary alicyclic amines) is 1. The van der Waals surface area contributed by atoms with Gasteiger partial charge in [0.1, 0.15) is 0 Å². The molecule has 1 aliphatic heterocycles. The highest BCUT2D eigenvalue weighted by molar-refractivity contribution is 5.69. The maximum absolute atomic E-state index is 11.1. The third kappa shape index (κ3) is 5.47. The Hall–Kier alpha value is -0.610. The second-order valence-electron chi connectivity index (χ2n) is 4.42. The highest BCUT2D eigenvalue weighted by Crippen LogP contribution is 2.07. The van der Waals surface area contributed by atoms with Crippen LogP contribution in [0.25, 0.3) is 0 Å². The van der Waals surface area contributed by atoms with E-state index in [1.807, 2.05) is 6.92 Å². The number of esters is 1. The molecule has 4 heteroatoms. The van der Waals surface area contributed by atoms with Crippen molar-refractivity contribution in [2.24, 2.45) is 0 Å². The van der Waals surface area contributed by atoms with Gasteiger partial charge in [-0.2, -0.15) is 0 Å². The van der Waals surface area contributed by atoms with Crippen LogP contribution >= 0.6 is 0 Å². The Morgan fingerprint density at radius 2 is 2.12 bits per heavy atom. The van der Waals surface area contributed by atoms with Gasteiger partial charge in [0.15, 0.2) is 0 Å². The molecule has 0 aliphatic carbocycles. The molecule has 0 bridgehead atoms. The highest BCUT2D eigenvalue weighted by atomic mass is 16.5. The molecule has 0 spiro atoms. The van der Waals surface area contributed by atoms with Crippen molar-refractivity contribution in [3.63, 3.8) is 0 Å². The van der Waals surface area contributed by atoms with E-state index in [9.17, 15) is 4.79 Å². The third-order valence-electron chi connectivity index (χ3n) is 2.86. The van der Waals surface area contributed by atoms with Crippen LogP contribution in [-0.2, 0) is 9.53 Å². The zero-order valence-corrected chi connectivity index (χ0v) is 10.5. The molecule has 1 fully saturated rings. The minimum atomic E-state index is -0.108. The van der Waals surface area contributed by atoms with Crippen molar-refractivity contribution < 1.29 is 9.53 Å². The lowest BCUT2D eigenvalue weighted by atomic mass is 10.3. The zero-order valence-electron chi connectivity index (χ0n) is 10.5. The van der Waals surface area contributed by atoms with Gasteiger partial charge < -0.3 is 15.0 Å². The van der Waals surface area contributed by atoms with E-state index in [0.717, 1.165) is 6.54 Å². The molecule has 0 saturated carbocycles. The molecule has 1 atom stereocenters. The quantitative estimate of drug-likeness (QED) is 0.660. The first-order chi connectivity index (χ1) is 7.72. The lowest BCUT2D eigenvalue weighted by Gasteiger charge is -2.21. The summed E-state index contributed by atoms with van der Waals surface area (Å²) < 4.78 is 4.87. The second kappa shape index (κ2) is 7.63. The smallest absolute Gasteiger partial charge is 0.307 e. The van der Waals surface area contributed by atoms with E-state index in [-0.39, 0.29) is 5.97 Å². The predicted molar refractivity (Wildman–Crippen MR) is 64.4 cm³/mol. The summed E-state index contributed by atoms with van der Waals surface area (Å²) in [5.41, 5.74) is 0. The number of nitrogens with one attached hydrogen (secondary N) is 1. The summed E-state index contributed by atoms with van der Waals surface area (Å²) >= 11 is 0. The number of hydrogen-bond acceptors (Lipinski definition) is 4. The Morgan fingerprint density at radius 3 is 2.75 bits per heavy atom. The molecule has 16 heavy (non-hydrogen) atoms. The number of rotatable bonds is 7. The van der Waals surface area contributed by atoms with Crippen molar-refractivity contribution in [1.82, 2.24) is 10.2 Å². The van der Waals surface area contributed by atoms with Gasteiger partial charge in [-0.25, -0.2) is 0 Å². The maximum Gasteiger partial charge on any atom is 0.307 e. The van der Waals surface area contributed by atoms with E-state index in [2.05, 4.69) is 17.1 Å². The molecule has 4 nitrogen and oxygen atoms in total. The number of nitrogens with zero attached hydrogens (tertiary/aromatic N) is 1. The molecule has 0 radical (unpaired) electrons. The van der Waals surface area contributed by atoms with Gasteiger partial charge in [0.25, 0.3) is 0 Å². The molecule has 0 aromatic rings. The standard InChI is InChI=1S/C12H24N2O2/c1-3-16-12(15)6-7-13-11(2)10-14-8-4-5-9-14/h11,13H,3-10H2,1-2H3. The minimum Gasteiger partial charge on any atom is -0.466 e. The monoisotopic (exact) mass is 228 g/mol. The summed E-state index contributed by atoms with van der Waals surface area (Å²) in [5.74, 6) is -0.108. The maximum atomic E-state index is 11.1. The van der Waals surface area contributed by atoms with E-state index >= 15 is 0 Å². The van der Waals surface area contributed by atoms with Gasteiger partial charge in [0.2, 0.25) is 0 Å². The van der Waals surface area contributed by atoms with Gasteiger partial charge in [-0.15, -0.1) is 0 Å². The fraction of sp³-hybridized carbons (Fsp3) is 0.917. The Bertz CT molecular complexity index is 203. The van der Waals surface area contributed by atoms with Crippen LogP contribution in [0.3, 0.4) is 0 Å². The van der Waals surface area contributed by atoms with Gasteiger partial charge in [-0.05, 0) is 39.8 Å². The van der Waals surface area contributed by atoms with Gasteiger partial charge in [0, 0.05) is 19.1 Å². The third-order valence-corrected chi connectivity index (χ3v) is 2.86. The normalized spacial score (nSPS) is 18.6. The van der Waals surface area contributed by atoms with Gasteiger partial charge in [-0.3, -0.25) is 4.79 Å². The van der Waals surface area contributed by atoms with Crippen molar-refractivity contribution >= 4 is 5.97 Å². The van der Waals surface area contributed by atoms with Crippen molar-refractivity contribution in [1.29, 1.82) is 0 Å². The first kappa shape index (κ1) is 13.5. The number of carbonyl (C=O) groups excluding carboxylic acids is 1. The van der Waals surface area contributed by atoms with Gasteiger partial charge in [-0.1, -0.05) is 0 Å². The van der Waals surface area contributed by atoms with Crippen LogP contribution in [0.5, 0.6) is 0 Å². The highest BCUT2D eigenvalue weighted by Gasteiger charge is 2.14. The molecule has 1 heterocycles. The molecule has 1 unspecified atom stereocenters. The minimum absolute atomic E-state index is 0.108. The molecule has 0 aromatic carbocycles. The Morgan fingerprint density at radius 1 is 1.44 bits per heavy atom. The molecule has 1 rings (SSSR count). The van der Waals surface area contributed by atoms with Crippen LogP contribution < -0.4 is 5.32 Å². The predicted octanol–water partition coefficient (Wildman–Crippen LogP) is 1.01. The van der Waals surface area contributed by atoms with Crippen LogP contribution in [0.1, 0.15) is 33.1 Å². The van der Waals surface area contributed by atoms with Gasteiger partial charge >= 0.3 is 5.97 Å². The fourth-order valence-corrected chi connectivity index (χ4v) is 2.07. The summed E-state index contributed by atoms with van der Waals surface area (Å²) in [6, 6.07) is 0.451. The average molecular weight is 228 g/mol. The molecule has 1 N–H and O–H groups in total. The average Bonchev–Trinajstić information content (AvgIpc) is 2.70. The lowest BCUT2D eigenvalue weighted by molar-refractivity contribution is -0.143. The van der Waals surface area contributed by atoms with E-state index in [1.54, 1.807) is 0 Å². The van der Waals surface area contributed by atoms with E-state index in [0.29, 0.717) is 25.6 Å². The van der Waals surface area contributed by atoms with Crippen LogP contribution in [0.2, 0.25) is 0 Å². The second-order valence-corrected chi connectivity index (χ2v) is 4.42. The van der Waals surface area contributed by atoms with Crippen molar-refractivity contribution in [2.45, 2.75) is 39.2 Å². The van der Waals surface area contributed by atoms with E-state index < -0.39 is 0 Å². The van der Waals surface area contributed by atoms with Crippen molar-refractivity contribution in [3.05, 3.63) is 0 Å². The van der Waals surface area contributed by atoms with Crippen LogP contribution in [0.15, 0.2) is 0 Å². The van der Waals surface area contributed by atoms with Crippen LogP contribution in [0, 0.1) is 0 Å². The SMILES string of the molecule is CCOC(=O)CCNC(C)CN1CCCC1. The summed E-state index contributed by atoms with van der Waals surface area (Å²) in [6.45, 7) is 8.73. The van der Waals surface area contributed by atoms with E-state index in [4.69, 9.17) is 4.74 Å². The van der Waals surface area contributed by atoms with Gasteiger partial charge in [0.05, 0.1) is 13.0 Å². The first-order valence-electron chi connectivity index (χ1n) is 6.33. The van der Waals surface area contributed by atoms with Crippen molar-refractivity contribution in [2.75, 3.05) is 32.8 Å². The Kier molecular flexibility index (Phi) is 6.42. The molecule has 1 saturated heterocycles. The number of ether oxygens (including phenoxy) is 1. The first-order valence-corrected chi connectivity index (χ1v) is 6.33. The molecule has 0 amide bonds. The summed E-state index contributed by atoms with van der Waals surface area (Å²) in [7, 11) is 0. The molecular weight excluding hydrogens is 204 g/mol. The molecule has 1 aliphatic rings.